The molecular formula is C21H32N2O. The van der Waals surface area contributed by atoms with Gasteiger partial charge in [-0.2, -0.15) is 0 Å². The van der Waals surface area contributed by atoms with E-state index in [0.29, 0.717) is 12.2 Å². The fourth-order valence-electron chi connectivity index (χ4n) is 4.62. The SMILES string of the molecule is CC1CCC(OC2CCN(Cc3cccc4c3NCC4)CC2)CC1. The summed E-state index contributed by atoms with van der Waals surface area (Å²) in [5.74, 6) is 0.910. The van der Waals surface area contributed by atoms with Gasteiger partial charge in [0.1, 0.15) is 0 Å². The van der Waals surface area contributed by atoms with Gasteiger partial charge < -0.3 is 10.1 Å². The van der Waals surface area contributed by atoms with Crippen LogP contribution in [0.4, 0.5) is 5.69 Å². The van der Waals surface area contributed by atoms with Gasteiger partial charge in [-0.3, -0.25) is 4.90 Å². The third kappa shape index (κ3) is 3.78. The zero-order valence-corrected chi connectivity index (χ0v) is 15.1. The number of para-hydroxylation sites is 1. The maximum absolute atomic E-state index is 6.41. The highest BCUT2D eigenvalue weighted by Gasteiger charge is 2.26. The summed E-state index contributed by atoms with van der Waals surface area (Å²) in [7, 11) is 0. The smallest absolute Gasteiger partial charge is 0.0603 e. The van der Waals surface area contributed by atoms with E-state index in [2.05, 4.69) is 35.3 Å². The Morgan fingerprint density at radius 1 is 1.04 bits per heavy atom. The van der Waals surface area contributed by atoms with Crippen molar-refractivity contribution in [3.63, 3.8) is 0 Å². The molecule has 3 aliphatic rings. The van der Waals surface area contributed by atoms with Crippen molar-refractivity contribution in [2.45, 2.75) is 70.6 Å². The lowest BCUT2D eigenvalue weighted by atomic mass is 9.88. The van der Waals surface area contributed by atoms with Crippen LogP contribution in [0.2, 0.25) is 0 Å². The second kappa shape index (κ2) is 7.45. The van der Waals surface area contributed by atoms with Crippen molar-refractivity contribution in [2.24, 2.45) is 5.92 Å². The predicted molar refractivity (Wildman–Crippen MR) is 99.4 cm³/mol. The number of ether oxygens (including phenoxy) is 1. The highest BCUT2D eigenvalue weighted by Crippen LogP contribution is 2.30. The van der Waals surface area contributed by atoms with Crippen molar-refractivity contribution in [1.29, 1.82) is 0 Å². The Morgan fingerprint density at radius 3 is 2.58 bits per heavy atom. The van der Waals surface area contributed by atoms with E-state index in [1.807, 2.05) is 0 Å². The molecule has 2 heterocycles. The molecule has 1 aliphatic carbocycles. The van der Waals surface area contributed by atoms with Crippen LogP contribution in [-0.4, -0.2) is 36.7 Å². The first-order valence-electron chi connectivity index (χ1n) is 10.0. The van der Waals surface area contributed by atoms with Crippen LogP contribution in [0, 0.1) is 5.92 Å². The number of fused-ring (bicyclic) bond motifs is 1. The highest BCUT2D eigenvalue weighted by atomic mass is 16.5. The van der Waals surface area contributed by atoms with E-state index < -0.39 is 0 Å². The fourth-order valence-corrected chi connectivity index (χ4v) is 4.62. The van der Waals surface area contributed by atoms with Gasteiger partial charge in [-0.25, -0.2) is 0 Å². The third-order valence-corrected chi connectivity index (χ3v) is 6.21. The first kappa shape index (κ1) is 16.4. The van der Waals surface area contributed by atoms with Crippen molar-refractivity contribution < 1.29 is 4.74 Å². The molecule has 0 spiro atoms. The van der Waals surface area contributed by atoms with Crippen molar-refractivity contribution in [1.82, 2.24) is 4.90 Å². The Kier molecular flexibility index (Phi) is 5.09. The monoisotopic (exact) mass is 328 g/mol. The maximum atomic E-state index is 6.41. The normalized spacial score (nSPS) is 28.5. The lowest BCUT2D eigenvalue weighted by Crippen LogP contribution is -2.38. The minimum atomic E-state index is 0.499. The number of nitrogens with one attached hydrogen (secondary N) is 1. The Balaban J connectivity index is 1.25. The molecule has 4 rings (SSSR count). The van der Waals surface area contributed by atoms with Gasteiger partial charge in [0.2, 0.25) is 0 Å². The average Bonchev–Trinajstić information content (AvgIpc) is 3.08. The number of nitrogens with zero attached hydrogens (tertiary/aromatic N) is 1. The molecule has 0 bridgehead atoms. The van der Waals surface area contributed by atoms with Crippen molar-refractivity contribution in [2.75, 3.05) is 25.0 Å². The van der Waals surface area contributed by atoms with E-state index in [9.17, 15) is 0 Å². The molecule has 1 N–H and O–H groups in total. The third-order valence-electron chi connectivity index (χ3n) is 6.21. The maximum Gasteiger partial charge on any atom is 0.0603 e. The van der Waals surface area contributed by atoms with E-state index in [1.54, 1.807) is 0 Å². The first-order chi connectivity index (χ1) is 11.8. The summed E-state index contributed by atoms with van der Waals surface area (Å²) < 4.78 is 6.41. The molecule has 0 atom stereocenters. The molecule has 3 nitrogen and oxygen atoms in total. The number of likely N-dealkylation sites (tertiary alicyclic amines) is 1. The Morgan fingerprint density at radius 2 is 1.79 bits per heavy atom. The number of hydrogen-bond donors (Lipinski definition) is 1. The minimum absolute atomic E-state index is 0.499. The van der Waals surface area contributed by atoms with Gasteiger partial charge in [0.05, 0.1) is 12.2 Å². The lowest BCUT2D eigenvalue weighted by Gasteiger charge is -2.36. The van der Waals surface area contributed by atoms with E-state index in [4.69, 9.17) is 4.74 Å². The summed E-state index contributed by atoms with van der Waals surface area (Å²) in [5.41, 5.74) is 4.38. The van der Waals surface area contributed by atoms with Crippen molar-refractivity contribution in [3.8, 4) is 0 Å². The second-order valence-corrected chi connectivity index (χ2v) is 8.12. The number of piperidine rings is 1. The summed E-state index contributed by atoms with van der Waals surface area (Å²) in [6.07, 6.45) is 9.90. The van der Waals surface area contributed by atoms with Gasteiger partial charge in [-0.15, -0.1) is 0 Å². The highest BCUT2D eigenvalue weighted by molar-refractivity contribution is 5.61. The zero-order valence-electron chi connectivity index (χ0n) is 15.1. The van der Waals surface area contributed by atoms with Crippen LogP contribution in [0.15, 0.2) is 18.2 Å². The Bertz CT molecular complexity index is 543. The zero-order chi connectivity index (χ0) is 16.4. The van der Waals surface area contributed by atoms with Crippen molar-refractivity contribution in [3.05, 3.63) is 29.3 Å². The molecule has 2 aliphatic heterocycles. The van der Waals surface area contributed by atoms with E-state index in [0.717, 1.165) is 19.0 Å². The number of hydrogen-bond acceptors (Lipinski definition) is 3. The molecule has 1 saturated carbocycles. The molecule has 0 amide bonds. The van der Waals surface area contributed by atoms with E-state index in [-0.39, 0.29) is 0 Å². The Labute approximate surface area is 146 Å². The molecule has 1 saturated heterocycles. The largest absolute Gasteiger partial charge is 0.384 e. The van der Waals surface area contributed by atoms with Crippen LogP contribution >= 0.6 is 0 Å². The Hall–Kier alpha value is -1.06. The van der Waals surface area contributed by atoms with Gasteiger partial charge in [0.25, 0.3) is 0 Å². The van der Waals surface area contributed by atoms with Crippen LogP contribution in [-0.2, 0) is 17.7 Å². The molecular weight excluding hydrogens is 296 g/mol. The second-order valence-electron chi connectivity index (χ2n) is 8.12. The lowest BCUT2D eigenvalue weighted by molar-refractivity contribution is -0.0607. The molecule has 1 aromatic carbocycles. The number of rotatable bonds is 4. The van der Waals surface area contributed by atoms with E-state index in [1.165, 1.54) is 74.8 Å². The number of anilines is 1. The molecule has 3 heteroatoms. The topological polar surface area (TPSA) is 24.5 Å². The minimum Gasteiger partial charge on any atom is -0.384 e. The average molecular weight is 329 g/mol. The standard InChI is InChI=1S/C21H32N2O/c1-16-5-7-19(8-6-16)24-20-10-13-23(14-11-20)15-18-4-2-3-17-9-12-22-21(17)18/h2-4,16,19-20,22H,5-15H2,1H3. The summed E-state index contributed by atoms with van der Waals surface area (Å²) in [6.45, 7) is 6.92. The van der Waals surface area contributed by atoms with Gasteiger partial charge in [-0.05, 0) is 62.0 Å². The fraction of sp³-hybridized carbons (Fsp3) is 0.714. The number of benzene rings is 1. The van der Waals surface area contributed by atoms with Gasteiger partial charge in [-0.1, -0.05) is 25.1 Å². The van der Waals surface area contributed by atoms with Crippen molar-refractivity contribution >= 4 is 5.69 Å². The molecule has 0 unspecified atom stereocenters. The molecule has 0 radical (unpaired) electrons. The van der Waals surface area contributed by atoms with Crippen LogP contribution in [0.1, 0.15) is 56.6 Å². The predicted octanol–water partition coefficient (Wildman–Crippen LogP) is 4.21. The molecule has 0 aromatic heterocycles. The first-order valence-corrected chi connectivity index (χ1v) is 10.0. The van der Waals surface area contributed by atoms with Crippen LogP contribution in [0.5, 0.6) is 0 Å². The quantitative estimate of drug-likeness (QED) is 0.896. The van der Waals surface area contributed by atoms with Crippen LogP contribution in [0.3, 0.4) is 0 Å². The van der Waals surface area contributed by atoms with Gasteiger partial charge in [0, 0.05) is 31.9 Å². The summed E-state index contributed by atoms with van der Waals surface area (Å²) in [4.78, 5) is 2.61. The van der Waals surface area contributed by atoms with Gasteiger partial charge >= 0.3 is 0 Å². The van der Waals surface area contributed by atoms with Crippen LogP contribution < -0.4 is 5.32 Å². The molecule has 24 heavy (non-hydrogen) atoms. The summed E-state index contributed by atoms with van der Waals surface area (Å²) >= 11 is 0. The summed E-state index contributed by atoms with van der Waals surface area (Å²) in [6, 6.07) is 6.79. The molecule has 2 fully saturated rings. The summed E-state index contributed by atoms with van der Waals surface area (Å²) in [5, 5.41) is 3.57. The molecule has 1 aromatic rings. The van der Waals surface area contributed by atoms with Crippen LogP contribution in [0.25, 0.3) is 0 Å². The van der Waals surface area contributed by atoms with E-state index >= 15 is 0 Å². The van der Waals surface area contributed by atoms with Gasteiger partial charge in [0.15, 0.2) is 0 Å². The molecule has 132 valence electrons.